The van der Waals surface area contributed by atoms with E-state index in [9.17, 15) is 4.79 Å². The molecule has 90 valence electrons. The van der Waals surface area contributed by atoms with Crippen molar-refractivity contribution in [3.63, 3.8) is 0 Å². The molecule has 2 N–H and O–H groups in total. The third kappa shape index (κ3) is 2.98. The van der Waals surface area contributed by atoms with Crippen LogP contribution in [0.3, 0.4) is 0 Å². The van der Waals surface area contributed by atoms with E-state index in [-0.39, 0.29) is 5.91 Å². The maximum absolute atomic E-state index is 12.0. The lowest BCUT2D eigenvalue weighted by molar-refractivity contribution is 0.0779. The number of thiophene rings is 1. The second-order valence-electron chi connectivity index (χ2n) is 4.32. The minimum absolute atomic E-state index is 0.0742. The summed E-state index contributed by atoms with van der Waals surface area (Å²) < 4.78 is 0. The number of amides is 1. The lowest BCUT2D eigenvalue weighted by atomic mass is 10.1. The Morgan fingerprint density at radius 3 is 2.69 bits per heavy atom. The molecule has 0 aliphatic carbocycles. The number of aryl methyl sites for hydroxylation is 1. The molecule has 1 amide bonds. The molecule has 0 bridgehead atoms. The summed E-state index contributed by atoms with van der Waals surface area (Å²) in [7, 11) is 1.85. The quantitative estimate of drug-likeness (QED) is 0.879. The van der Waals surface area contributed by atoms with E-state index in [0.29, 0.717) is 11.6 Å². The first-order valence-corrected chi connectivity index (χ1v) is 6.38. The minimum atomic E-state index is 0.0742. The highest BCUT2D eigenvalue weighted by molar-refractivity contribution is 7.14. The molecule has 0 fully saturated rings. The van der Waals surface area contributed by atoms with Crippen molar-refractivity contribution in [2.45, 2.75) is 27.2 Å². The Bertz CT molecular complexity index is 354. The number of nitrogens with two attached hydrogens (primary N) is 1. The number of carbonyl (C=O) groups excluding carboxylic acids is 1. The lowest BCUT2D eigenvalue weighted by Crippen LogP contribution is -2.30. The Balaban J connectivity index is 2.70. The van der Waals surface area contributed by atoms with Crippen LogP contribution >= 0.6 is 11.3 Å². The highest BCUT2D eigenvalue weighted by Gasteiger charge is 2.16. The standard InChI is InChI=1S/C12H20N2OS/c1-5-8(2)7-14(4)12(15)11-6-10(13)9(3)16-11/h6,8H,5,7,13H2,1-4H3. The second kappa shape index (κ2) is 5.34. The zero-order chi connectivity index (χ0) is 12.3. The molecule has 1 unspecified atom stereocenters. The fourth-order valence-corrected chi connectivity index (χ4v) is 2.40. The summed E-state index contributed by atoms with van der Waals surface area (Å²) in [5.41, 5.74) is 6.46. The van der Waals surface area contributed by atoms with Crippen LogP contribution in [-0.4, -0.2) is 24.4 Å². The predicted octanol–water partition coefficient (Wildman–Crippen LogP) is 2.76. The van der Waals surface area contributed by atoms with E-state index < -0.39 is 0 Å². The zero-order valence-electron chi connectivity index (χ0n) is 10.4. The normalized spacial score (nSPS) is 12.5. The molecule has 4 heteroatoms. The molecule has 1 atom stereocenters. The Morgan fingerprint density at radius 2 is 2.25 bits per heavy atom. The van der Waals surface area contributed by atoms with Gasteiger partial charge in [-0.3, -0.25) is 4.79 Å². The predicted molar refractivity (Wildman–Crippen MR) is 69.9 cm³/mol. The van der Waals surface area contributed by atoms with E-state index in [4.69, 9.17) is 5.73 Å². The zero-order valence-corrected chi connectivity index (χ0v) is 11.2. The van der Waals surface area contributed by atoms with E-state index in [1.165, 1.54) is 11.3 Å². The summed E-state index contributed by atoms with van der Waals surface area (Å²) in [5.74, 6) is 0.609. The van der Waals surface area contributed by atoms with Gasteiger partial charge in [-0.25, -0.2) is 0 Å². The Morgan fingerprint density at radius 1 is 1.62 bits per heavy atom. The van der Waals surface area contributed by atoms with Gasteiger partial charge in [-0.05, 0) is 18.9 Å². The molecule has 3 nitrogen and oxygen atoms in total. The van der Waals surface area contributed by atoms with Gasteiger partial charge in [0.25, 0.3) is 5.91 Å². The molecule has 0 aliphatic heterocycles. The van der Waals surface area contributed by atoms with Crippen LogP contribution < -0.4 is 5.73 Å². The highest BCUT2D eigenvalue weighted by atomic mass is 32.1. The van der Waals surface area contributed by atoms with Crippen molar-refractivity contribution in [3.8, 4) is 0 Å². The largest absolute Gasteiger partial charge is 0.398 e. The molecule has 1 rings (SSSR count). The van der Waals surface area contributed by atoms with Gasteiger partial charge in [-0.15, -0.1) is 11.3 Å². The second-order valence-corrected chi connectivity index (χ2v) is 5.58. The molecular weight excluding hydrogens is 220 g/mol. The lowest BCUT2D eigenvalue weighted by Gasteiger charge is -2.19. The summed E-state index contributed by atoms with van der Waals surface area (Å²) in [5, 5.41) is 0. The fourth-order valence-electron chi connectivity index (χ4n) is 1.47. The van der Waals surface area contributed by atoms with Gasteiger partial charge in [-0.1, -0.05) is 20.3 Å². The number of nitrogens with zero attached hydrogens (tertiary/aromatic N) is 1. The van der Waals surface area contributed by atoms with Gasteiger partial charge in [0, 0.05) is 24.2 Å². The number of hydrogen-bond acceptors (Lipinski definition) is 3. The van der Waals surface area contributed by atoms with Gasteiger partial charge in [-0.2, -0.15) is 0 Å². The Kier molecular flexibility index (Phi) is 4.35. The molecule has 0 aromatic carbocycles. The number of hydrogen-bond donors (Lipinski definition) is 1. The van der Waals surface area contributed by atoms with Crippen molar-refractivity contribution in [3.05, 3.63) is 15.8 Å². The first-order valence-electron chi connectivity index (χ1n) is 5.57. The van der Waals surface area contributed by atoms with Gasteiger partial charge in [0.1, 0.15) is 0 Å². The maximum Gasteiger partial charge on any atom is 0.263 e. The molecule has 1 heterocycles. The van der Waals surface area contributed by atoms with Crippen molar-refractivity contribution < 1.29 is 4.79 Å². The monoisotopic (exact) mass is 240 g/mol. The van der Waals surface area contributed by atoms with E-state index >= 15 is 0 Å². The number of rotatable bonds is 4. The maximum atomic E-state index is 12.0. The van der Waals surface area contributed by atoms with Gasteiger partial charge in [0.2, 0.25) is 0 Å². The third-order valence-electron chi connectivity index (χ3n) is 2.80. The summed E-state index contributed by atoms with van der Waals surface area (Å²) in [6.07, 6.45) is 1.09. The van der Waals surface area contributed by atoms with Crippen LogP contribution in [-0.2, 0) is 0 Å². The summed E-state index contributed by atoms with van der Waals surface area (Å²) in [6.45, 7) is 7.02. The molecule has 0 saturated heterocycles. The fraction of sp³-hybridized carbons (Fsp3) is 0.583. The first-order chi connectivity index (χ1) is 7.45. The van der Waals surface area contributed by atoms with E-state index in [1.807, 2.05) is 14.0 Å². The van der Waals surface area contributed by atoms with E-state index in [2.05, 4.69) is 13.8 Å². The Labute approximate surface area is 101 Å². The van der Waals surface area contributed by atoms with Crippen LogP contribution in [0, 0.1) is 12.8 Å². The van der Waals surface area contributed by atoms with Crippen LogP contribution in [0.15, 0.2) is 6.07 Å². The van der Waals surface area contributed by atoms with Gasteiger partial charge in [0.05, 0.1) is 4.88 Å². The number of carbonyl (C=O) groups is 1. The third-order valence-corrected chi connectivity index (χ3v) is 3.85. The molecule has 16 heavy (non-hydrogen) atoms. The smallest absolute Gasteiger partial charge is 0.263 e. The van der Waals surface area contributed by atoms with Gasteiger partial charge < -0.3 is 10.6 Å². The summed E-state index contributed by atoms with van der Waals surface area (Å²) in [4.78, 5) is 15.6. The molecule has 0 aliphatic rings. The van der Waals surface area contributed by atoms with Crippen LogP contribution in [0.1, 0.15) is 34.8 Å². The average Bonchev–Trinajstić information content (AvgIpc) is 2.57. The van der Waals surface area contributed by atoms with E-state index in [1.54, 1.807) is 11.0 Å². The molecule has 0 radical (unpaired) electrons. The number of nitrogen functional groups attached to an aromatic ring is 1. The van der Waals surface area contributed by atoms with Crippen molar-refractivity contribution >= 4 is 22.9 Å². The molecular formula is C12H20N2OS. The Hall–Kier alpha value is -1.03. The average molecular weight is 240 g/mol. The van der Waals surface area contributed by atoms with Crippen LogP contribution in [0.2, 0.25) is 0 Å². The van der Waals surface area contributed by atoms with Crippen molar-refractivity contribution in [2.75, 3.05) is 19.3 Å². The summed E-state index contributed by atoms with van der Waals surface area (Å²) >= 11 is 1.47. The summed E-state index contributed by atoms with van der Waals surface area (Å²) in [6, 6.07) is 1.77. The highest BCUT2D eigenvalue weighted by Crippen LogP contribution is 2.24. The van der Waals surface area contributed by atoms with Crippen molar-refractivity contribution in [2.24, 2.45) is 5.92 Å². The van der Waals surface area contributed by atoms with Crippen LogP contribution in [0.4, 0.5) is 5.69 Å². The molecule has 1 aromatic heterocycles. The van der Waals surface area contributed by atoms with Crippen LogP contribution in [0.5, 0.6) is 0 Å². The van der Waals surface area contributed by atoms with Gasteiger partial charge in [0.15, 0.2) is 0 Å². The van der Waals surface area contributed by atoms with Crippen LogP contribution in [0.25, 0.3) is 0 Å². The minimum Gasteiger partial charge on any atom is -0.398 e. The number of anilines is 1. The van der Waals surface area contributed by atoms with Crippen molar-refractivity contribution in [1.82, 2.24) is 4.90 Å². The first kappa shape index (κ1) is 13.0. The molecule has 0 saturated carbocycles. The molecule has 1 aromatic rings. The molecule has 0 spiro atoms. The topological polar surface area (TPSA) is 46.3 Å². The van der Waals surface area contributed by atoms with Gasteiger partial charge >= 0.3 is 0 Å². The van der Waals surface area contributed by atoms with E-state index in [0.717, 1.165) is 22.7 Å². The van der Waals surface area contributed by atoms with Crippen molar-refractivity contribution in [1.29, 1.82) is 0 Å². The SMILES string of the molecule is CCC(C)CN(C)C(=O)c1cc(N)c(C)s1.